The van der Waals surface area contributed by atoms with Crippen molar-refractivity contribution in [1.82, 2.24) is 9.78 Å². The SMILES string of the molecule is CCC(CC)n1ccc(CC=CCCBr)n1. The molecule has 0 aromatic carbocycles. The zero-order chi connectivity index (χ0) is 11.8. The minimum absolute atomic E-state index is 0.556. The van der Waals surface area contributed by atoms with E-state index in [0.717, 1.165) is 36.7 Å². The average Bonchev–Trinajstić information content (AvgIpc) is 2.75. The standard InChI is InChI=1S/C13H21BrN2/c1-3-13(4-2)16-11-9-12(15-16)8-6-5-7-10-14/h5-6,9,11,13H,3-4,7-8,10H2,1-2H3. The third-order valence-electron chi connectivity index (χ3n) is 2.75. The van der Waals surface area contributed by atoms with Crippen LogP contribution in [0.15, 0.2) is 24.4 Å². The maximum Gasteiger partial charge on any atom is 0.0662 e. The molecule has 1 aromatic rings. The Labute approximate surface area is 107 Å². The van der Waals surface area contributed by atoms with E-state index < -0.39 is 0 Å². The number of nitrogens with zero attached hydrogens (tertiary/aromatic N) is 2. The summed E-state index contributed by atoms with van der Waals surface area (Å²) >= 11 is 3.41. The molecule has 0 aliphatic rings. The van der Waals surface area contributed by atoms with E-state index in [1.54, 1.807) is 0 Å². The molecule has 3 heteroatoms. The highest BCUT2D eigenvalue weighted by Gasteiger charge is 2.06. The molecule has 0 aliphatic carbocycles. The van der Waals surface area contributed by atoms with Gasteiger partial charge in [-0.15, -0.1) is 0 Å². The zero-order valence-electron chi connectivity index (χ0n) is 10.2. The molecule has 1 rings (SSSR count). The van der Waals surface area contributed by atoms with Crippen LogP contribution in [0.4, 0.5) is 0 Å². The Hall–Kier alpha value is -0.570. The molecule has 0 saturated carbocycles. The Morgan fingerprint density at radius 1 is 1.38 bits per heavy atom. The van der Waals surface area contributed by atoms with Crippen molar-refractivity contribution in [2.24, 2.45) is 0 Å². The third kappa shape index (κ3) is 4.12. The monoisotopic (exact) mass is 284 g/mol. The molecular weight excluding hydrogens is 264 g/mol. The average molecular weight is 285 g/mol. The Kier molecular flexibility index (Phi) is 6.46. The number of aromatic nitrogens is 2. The van der Waals surface area contributed by atoms with Crippen molar-refractivity contribution in [2.75, 3.05) is 5.33 Å². The van der Waals surface area contributed by atoms with Gasteiger partial charge in [-0.3, -0.25) is 4.68 Å². The molecule has 0 radical (unpaired) electrons. The number of rotatable bonds is 7. The topological polar surface area (TPSA) is 17.8 Å². The van der Waals surface area contributed by atoms with E-state index in [-0.39, 0.29) is 0 Å². The molecule has 0 amide bonds. The molecule has 0 spiro atoms. The van der Waals surface area contributed by atoms with E-state index in [2.05, 4.69) is 64.0 Å². The molecule has 0 saturated heterocycles. The van der Waals surface area contributed by atoms with Crippen molar-refractivity contribution in [2.45, 2.75) is 45.6 Å². The van der Waals surface area contributed by atoms with Gasteiger partial charge in [0.15, 0.2) is 0 Å². The summed E-state index contributed by atoms with van der Waals surface area (Å²) in [4.78, 5) is 0. The van der Waals surface area contributed by atoms with Gasteiger partial charge in [-0.2, -0.15) is 5.10 Å². The fourth-order valence-corrected chi connectivity index (χ4v) is 2.00. The van der Waals surface area contributed by atoms with Crippen molar-refractivity contribution in [3.8, 4) is 0 Å². The molecule has 0 unspecified atom stereocenters. The summed E-state index contributed by atoms with van der Waals surface area (Å²) in [6.07, 6.45) is 10.8. The Balaban J connectivity index is 2.50. The zero-order valence-corrected chi connectivity index (χ0v) is 11.8. The van der Waals surface area contributed by atoms with Crippen molar-refractivity contribution in [3.05, 3.63) is 30.1 Å². The predicted octanol–water partition coefficient (Wildman–Crippen LogP) is 4.13. The largest absolute Gasteiger partial charge is 0.269 e. The summed E-state index contributed by atoms with van der Waals surface area (Å²) in [6, 6.07) is 2.68. The first-order chi connectivity index (χ1) is 7.81. The lowest BCUT2D eigenvalue weighted by atomic mass is 10.2. The van der Waals surface area contributed by atoms with Gasteiger partial charge in [0, 0.05) is 17.9 Å². The van der Waals surface area contributed by atoms with Crippen LogP contribution in [0, 0.1) is 0 Å². The number of hydrogen-bond acceptors (Lipinski definition) is 1. The highest BCUT2D eigenvalue weighted by molar-refractivity contribution is 9.09. The predicted molar refractivity (Wildman–Crippen MR) is 73.1 cm³/mol. The molecule has 0 bridgehead atoms. The van der Waals surface area contributed by atoms with E-state index in [9.17, 15) is 0 Å². The summed E-state index contributed by atoms with van der Waals surface area (Å²) in [5, 5.41) is 5.64. The van der Waals surface area contributed by atoms with Crippen molar-refractivity contribution in [3.63, 3.8) is 0 Å². The van der Waals surface area contributed by atoms with Gasteiger partial charge in [-0.25, -0.2) is 0 Å². The van der Waals surface area contributed by atoms with E-state index in [1.165, 1.54) is 0 Å². The fourth-order valence-electron chi connectivity index (χ4n) is 1.74. The van der Waals surface area contributed by atoms with Gasteiger partial charge in [-0.1, -0.05) is 41.9 Å². The molecule has 2 nitrogen and oxygen atoms in total. The lowest BCUT2D eigenvalue weighted by molar-refractivity contribution is 0.426. The van der Waals surface area contributed by atoms with E-state index in [1.807, 2.05) is 0 Å². The molecule has 1 aromatic heterocycles. The van der Waals surface area contributed by atoms with Crippen LogP contribution in [0.2, 0.25) is 0 Å². The summed E-state index contributed by atoms with van der Waals surface area (Å²) in [5.74, 6) is 0. The van der Waals surface area contributed by atoms with Crippen LogP contribution < -0.4 is 0 Å². The summed E-state index contributed by atoms with van der Waals surface area (Å²) < 4.78 is 2.10. The summed E-state index contributed by atoms with van der Waals surface area (Å²) in [5.41, 5.74) is 1.16. The van der Waals surface area contributed by atoms with Gasteiger partial charge in [-0.05, 0) is 25.3 Å². The molecule has 0 fully saturated rings. The van der Waals surface area contributed by atoms with Gasteiger partial charge in [0.2, 0.25) is 0 Å². The quantitative estimate of drug-likeness (QED) is 0.544. The minimum atomic E-state index is 0.556. The highest BCUT2D eigenvalue weighted by atomic mass is 79.9. The maximum absolute atomic E-state index is 4.60. The van der Waals surface area contributed by atoms with Crippen LogP contribution in [0.5, 0.6) is 0 Å². The lowest BCUT2D eigenvalue weighted by Gasteiger charge is -2.12. The number of alkyl halides is 1. The maximum atomic E-state index is 4.60. The normalized spacial score (nSPS) is 11.8. The van der Waals surface area contributed by atoms with Gasteiger partial charge >= 0.3 is 0 Å². The fraction of sp³-hybridized carbons (Fsp3) is 0.615. The van der Waals surface area contributed by atoms with Gasteiger partial charge in [0.05, 0.1) is 11.7 Å². The lowest BCUT2D eigenvalue weighted by Crippen LogP contribution is -2.07. The summed E-state index contributed by atoms with van der Waals surface area (Å²) in [7, 11) is 0. The van der Waals surface area contributed by atoms with Gasteiger partial charge < -0.3 is 0 Å². The van der Waals surface area contributed by atoms with E-state index in [0.29, 0.717) is 6.04 Å². The molecule has 1 heterocycles. The first kappa shape index (κ1) is 13.5. The Bertz CT molecular complexity index is 313. The van der Waals surface area contributed by atoms with Crippen molar-refractivity contribution in [1.29, 1.82) is 0 Å². The molecule has 0 atom stereocenters. The Morgan fingerprint density at radius 3 is 2.75 bits per heavy atom. The smallest absolute Gasteiger partial charge is 0.0662 e. The Morgan fingerprint density at radius 2 is 2.12 bits per heavy atom. The molecular formula is C13H21BrN2. The number of halogens is 1. The number of allylic oxidation sites excluding steroid dienone is 2. The molecule has 16 heavy (non-hydrogen) atoms. The molecule has 90 valence electrons. The van der Waals surface area contributed by atoms with Crippen molar-refractivity contribution >= 4 is 15.9 Å². The summed E-state index contributed by atoms with van der Waals surface area (Å²) in [6.45, 7) is 4.43. The van der Waals surface area contributed by atoms with Gasteiger partial charge in [0.1, 0.15) is 0 Å². The van der Waals surface area contributed by atoms with E-state index >= 15 is 0 Å². The second-order valence-electron chi connectivity index (χ2n) is 3.91. The third-order valence-corrected chi connectivity index (χ3v) is 3.21. The highest BCUT2D eigenvalue weighted by Crippen LogP contribution is 2.14. The first-order valence-electron chi connectivity index (χ1n) is 6.06. The van der Waals surface area contributed by atoms with Crippen LogP contribution in [0.1, 0.15) is 44.8 Å². The van der Waals surface area contributed by atoms with Crippen LogP contribution in [-0.4, -0.2) is 15.1 Å². The van der Waals surface area contributed by atoms with Crippen LogP contribution >= 0.6 is 15.9 Å². The first-order valence-corrected chi connectivity index (χ1v) is 7.18. The second kappa shape index (κ2) is 7.66. The number of hydrogen-bond donors (Lipinski definition) is 0. The van der Waals surface area contributed by atoms with E-state index in [4.69, 9.17) is 0 Å². The van der Waals surface area contributed by atoms with Crippen LogP contribution in [0.3, 0.4) is 0 Å². The van der Waals surface area contributed by atoms with Gasteiger partial charge in [0.25, 0.3) is 0 Å². The molecule has 0 aliphatic heterocycles. The molecule has 0 N–H and O–H groups in total. The van der Waals surface area contributed by atoms with Crippen LogP contribution in [0.25, 0.3) is 0 Å². The van der Waals surface area contributed by atoms with Crippen LogP contribution in [-0.2, 0) is 6.42 Å². The second-order valence-corrected chi connectivity index (χ2v) is 4.70. The van der Waals surface area contributed by atoms with Crippen molar-refractivity contribution < 1.29 is 0 Å². The minimum Gasteiger partial charge on any atom is -0.269 e.